The van der Waals surface area contributed by atoms with Crippen LogP contribution in [0.15, 0.2) is 58.4 Å². The molecular formula is C14H14O4S. The van der Waals surface area contributed by atoms with Crippen LogP contribution in [0.4, 0.5) is 0 Å². The van der Waals surface area contributed by atoms with Crippen molar-refractivity contribution in [2.24, 2.45) is 5.92 Å². The average Bonchev–Trinajstić information content (AvgIpc) is 2.39. The molecule has 1 aliphatic carbocycles. The largest absolute Gasteiger partial charge is 0.481 e. The van der Waals surface area contributed by atoms with Crippen LogP contribution in [0.1, 0.15) is 12.8 Å². The highest BCUT2D eigenvalue weighted by molar-refractivity contribution is 7.95. The Morgan fingerprint density at radius 3 is 2.58 bits per heavy atom. The first-order valence-corrected chi connectivity index (χ1v) is 7.38. The van der Waals surface area contributed by atoms with Crippen molar-refractivity contribution in [3.8, 4) is 0 Å². The fourth-order valence-electron chi connectivity index (χ4n) is 2.03. The van der Waals surface area contributed by atoms with Crippen molar-refractivity contribution in [3.05, 3.63) is 53.5 Å². The van der Waals surface area contributed by atoms with E-state index in [0.29, 0.717) is 0 Å². The second kappa shape index (κ2) is 5.40. The smallest absolute Gasteiger partial charge is 0.303 e. The highest BCUT2D eigenvalue weighted by atomic mass is 32.2. The first-order valence-electron chi connectivity index (χ1n) is 5.89. The number of allylic oxidation sites excluding steroid dienone is 4. The number of carbonyl (C=O) groups is 1. The van der Waals surface area contributed by atoms with Crippen molar-refractivity contribution < 1.29 is 18.3 Å². The van der Waals surface area contributed by atoms with E-state index in [2.05, 4.69) is 0 Å². The van der Waals surface area contributed by atoms with Gasteiger partial charge >= 0.3 is 5.97 Å². The van der Waals surface area contributed by atoms with Crippen LogP contribution in [-0.4, -0.2) is 19.5 Å². The van der Waals surface area contributed by atoms with Crippen LogP contribution in [0.3, 0.4) is 0 Å². The lowest BCUT2D eigenvalue weighted by Crippen LogP contribution is -2.13. The van der Waals surface area contributed by atoms with Crippen molar-refractivity contribution >= 4 is 15.8 Å². The van der Waals surface area contributed by atoms with Crippen LogP contribution in [0.2, 0.25) is 0 Å². The monoisotopic (exact) mass is 278 g/mol. The van der Waals surface area contributed by atoms with E-state index < -0.39 is 15.8 Å². The van der Waals surface area contributed by atoms with E-state index in [0.717, 1.165) is 0 Å². The maximum atomic E-state index is 12.4. The third-order valence-corrected chi connectivity index (χ3v) is 4.85. The number of sulfone groups is 1. The summed E-state index contributed by atoms with van der Waals surface area (Å²) in [4.78, 5) is 11.2. The molecule has 19 heavy (non-hydrogen) atoms. The summed E-state index contributed by atoms with van der Waals surface area (Å²) in [5.41, 5.74) is 0. The van der Waals surface area contributed by atoms with Gasteiger partial charge in [0.25, 0.3) is 0 Å². The van der Waals surface area contributed by atoms with Gasteiger partial charge in [-0.2, -0.15) is 0 Å². The van der Waals surface area contributed by atoms with Crippen molar-refractivity contribution in [3.63, 3.8) is 0 Å². The topological polar surface area (TPSA) is 71.4 Å². The summed E-state index contributed by atoms with van der Waals surface area (Å²) in [6, 6.07) is 8.17. The van der Waals surface area contributed by atoms with Crippen molar-refractivity contribution in [2.75, 3.05) is 0 Å². The van der Waals surface area contributed by atoms with Gasteiger partial charge < -0.3 is 5.11 Å². The molecule has 100 valence electrons. The second-order valence-corrected chi connectivity index (χ2v) is 6.40. The summed E-state index contributed by atoms with van der Waals surface area (Å²) in [5, 5.41) is 8.77. The van der Waals surface area contributed by atoms with Crippen molar-refractivity contribution in [2.45, 2.75) is 17.7 Å². The Kier molecular flexibility index (Phi) is 3.85. The first kappa shape index (κ1) is 13.5. The number of hydrogen-bond acceptors (Lipinski definition) is 3. The van der Waals surface area contributed by atoms with Gasteiger partial charge in [0.1, 0.15) is 0 Å². The van der Waals surface area contributed by atoms with Gasteiger partial charge in [-0.15, -0.1) is 0 Å². The maximum absolute atomic E-state index is 12.4. The van der Waals surface area contributed by atoms with E-state index in [1.165, 1.54) is 0 Å². The summed E-state index contributed by atoms with van der Waals surface area (Å²) >= 11 is 0. The van der Waals surface area contributed by atoms with E-state index in [1.807, 2.05) is 0 Å². The van der Waals surface area contributed by atoms with Crippen LogP contribution in [0, 0.1) is 5.92 Å². The van der Waals surface area contributed by atoms with Gasteiger partial charge in [0.2, 0.25) is 9.84 Å². The SMILES string of the molecule is O=C(O)CC1C=CC=C(S(=O)(=O)c2ccccc2)C1. The highest BCUT2D eigenvalue weighted by Crippen LogP contribution is 2.29. The predicted molar refractivity (Wildman–Crippen MR) is 71.2 cm³/mol. The van der Waals surface area contributed by atoms with Gasteiger partial charge in [-0.1, -0.05) is 30.4 Å². The summed E-state index contributed by atoms with van der Waals surface area (Å²) in [7, 11) is -3.51. The zero-order valence-corrected chi connectivity index (χ0v) is 11.0. The summed E-state index contributed by atoms with van der Waals surface area (Å²) in [6.07, 6.45) is 5.07. The van der Waals surface area contributed by atoms with E-state index in [9.17, 15) is 13.2 Å². The Morgan fingerprint density at radius 2 is 1.95 bits per heavy atom. The molecular weight excluding hydrogens is 264 g/mol. The van der Waals surface area contributed by atoms with Crippen molar-refractivity contribution in [1.82, 2.24) is 0 Å². The molecule has 1 N–H and O–H groups in total. The molecule has 0 heterocycles. The quantitative estimate of drug-likeness (QED) is 0.918. The molecule has 1 aromatic rings. The van der Waals surface area contributed by atoms with Crippen molar-refractivity contribution in [1.29, 1.82) is 0 Å². The number of hydrogen-bond donors (Lipinski definition) is 1. The Morgan fingerprint density at radius 1 is 1.26 bits per heavy atom. The number of rotatable bonds is 4. The lowest BCUT2D eigenvalue weighted by molar-refractivity contribution is -0.137. The predicted octanol–water partition coefficient (Wildman–Crippen LogP) is 2.40. The molecule has 0 saturated carbocycles. The second-order valence-electron chi connectivity index (χ2n) is 4.40. The van der Waals surface area contributed by atoms with Crippen LogP contribution in [-0.2, 0) is 14.6 Å². The van der Waals surface area contributed by atoms with Crippen LogP contribution in [0.5, 0.6) is 0 Å². The Labute approximate surface area is 112 Å². The molecule has 0 spiro atoms. The van der Waals surface area contributed by atoms with Crippen LogP contribution < -0.4 is 0 Å². The first-order chi connectivity index (χ1) is 9.00. The molecule has 2 rings (SSSR count). The number of aliphatic carboxylic acids is 1. The fraction of sp³-hybridized carbons (Fsp3) is 0.214. The third-order valence-electron chi connectivity index (χ3n) is 2.96. The van der Waals surface area contributed by atoms with Gasteiger partial charge in [0.05, 0.1) is 11.3 Å². The zero-order chi connectivity index (χ0) is 13.9. The normalized spacial score (nSPS) is 18.9. The standard InChI is InChI=1S/C14H14O4S/c15-14(16)10-11-5-4-8-13(9-11)19(17,18)12-6-2-1-3-7-12/h1-8,11H,9-10H2,(H,15,16). The molecule has 5 heteroatoms. The molecule has 0 radical (unpaired) electrons. The lowest BCUT2D eigenvalue weighted by Gasteiger charge is -2.17. The molecule has 1 aromatic carbocycles. The minimum atomic E-state index is -3.51. The molecule has 0 aromatic heterocycles. The summed E-state index contributed by atoms with van der Waals surface area (Å²) < 4.78 is 24.7. The van der Waals surface area contributed by atoms with Gasteiger partial charge in [-0.25, -0.2) is 8.42 Å². The van der Waals surface area contributed by atoms with Crippen LogP contribution >= 0.6 is 0 Å². The minimum Gasteiger partial charge on any atom is -0.481 e. The van der Waals surface area contributed by atoms with E-state index in [-0.39, 0.29) is 28.6 Å². The van der Waals surface area contributed by atoms with E-state index in [1.54, 1.807) is 48.6 Å². The molecule has 1 aliphatic rings. The Bertz CT molecular complexity index is 627. The molecule has 0 saturated heterocycles. The average molecular weight is 278 g/mol. The molecule has 4 nitrogen and oxygen atoms in total. The third kappa shape index (κ3) is 3.12. The number of carboxylic acid groups (broad SMARTS) is 1. The molecule has 1 unspecified atom stereocenters. The van der Waals surface area contributed by atoms with Gasteiger partial charge in [0, 0.05) is 4.91 Å². The molecule has 0 aliphatic heterocycles. The molecule has 0 bridgehead atoms. The van der Waals surface area contributed by atoms with Crippen LogP contribution in [0.25, 0.3) is 0 Å². The summed E-state index contributed by atoms with van der Waals surface area (Å²) in [5.74, 6) is -1.19. The summed E-state index contributed by atoms with van der Waals surface area (Å²) in [6.45, 7) is 0. The number of carboxylic acids is 1. The highest BCUT2D eigenvalue weighted by Gasteiger charge is 2.25. The lowest BCUT2D eigenvalue weighted by atomic mass is 9.97. The minimum absolute atomic E-state index is 0.0574. The van der Waals surface area contributed by atoms with Gasteiger partial charge in [0.15, 0.2) is 0 Å². The van der Waals surface area contributed by atoms with E-state index in [4.69, 9.17) is 5.11 Å². The molecule has 1 atom stereocenters. The van der Waals surface area contributed by atoms with Gasteiger partial charge in [-0.3, -0.25) is 4.79 Å². The Balaban J connectivity index is 2.25. The fourth-order valence-corrected chi connectivity index (χ4v) is 3.54. The Hall–Kier alpha value is -1.88. The molecule has 0 fully saturated rings. The number of benzene rings is 1. The maximum Gasteiger partial charge on any atom is 0.303 e. The van der Waals surface area contributed by atoms with E-state index >= 15 is 0 Å². The molecule has 0 amide bonds. The zero-order valence-electron chi connectivity index (χ0n) is 10.2. The van der Waals surface area contributed by atoms with Gasteiger partial charge in [-0.05, 0) is 30.5 Å².